The lowest BCUT2D eigenvalue weighted by Gasteiger charge is -1.95. The Kier molecular flexibility index (Phi) is 4.36. The van der Waals surface area contributed by atoms with Gasteiger partial charge in [0.2, 0.25) is 0 Å². The minimum atomic E-state index is 0.125. The van der Waals surface area contributed by atoms with Crippen LogP contribution in [-0.2, 0) is 0 Å². The minimum absolute atomic E-state index is 0.125. The Morgan fingerprint density at radius 1 is 1.62 bits per heavy atom. The second-order valence-corrected chi connectivity index (χ2v) is 1.61. The van der Waals surface area contributed by atoms with Crippen molar-refractivity contribution in [1.82, 2.24) is 0 Å². The molecule has 0 bridgehead atoms. The summed E-state index contributed by atoms with van der Waals surface area (Å²) in [5, 5.41) is 16.7. The van der Waals surface area contributed by atoms with Crippen molar-refractivity contribution in [2.45, 2.75) is 19.8 Å². The monoisotopic (exact) mass is 116 g/mol. The van der Waals surface area contributed by atoms with Crippen LogP contribution in [-0.4, -0.2) is 16.8 Å². The highest BCUT2D eigenvalue weighted by atomic mass is 16.3. The van der Waals surface area contributed by atoms with E-state index in [4.69, 9.17) is 10.2 Å². The summed E-state index contributed by atoms with van der Waals surface area (Å²) >= 11 is 0. The molecule has 0 aromatic heterocycles. The van der Waals surface area contributed by atoms with Gasteiger partial charge in [-0.3, -0.25) is 0 Å². The number of aliphatic hydroxyl groups is 2. The van der Waals surface area contributed by atoms with Gasteiger partial charge in [0.15, 0.2) is 0 Å². The zero-order valence-corrected chi connectivity index (χ0v) is 5.09. The fourth-order valence-electron chi connectivity index (χ4n) is 0.476. The molecular formula is C6H12O2. The molecule has 48 valence electrons. The van der Waals surface area contributed by atoms with Crippen LogP contribution in [0.2, 0.25) is 0 Å². The van der Waals surface area contributed by atoms with Gasteiger partial charge in [-0.05, 0) is 18.4 Å². The van der Waals surface area contributed by atoms with Gasteiger partial charge < -0.3 is 10.2 Å². The molecule has 0 saturated carbocycles. The van der Waals surface area contributed by atoms with Crippen molar-refractivity contribution in [2.24, 2.45) is 0 Å². The minimum Gasteiger partial charge on any atom is -0.516 e. The van der Waals surface area contributed by atoms with Gasteiger partial charge in [-0.25, -0.2) is 0 Å². The highest BCUT2D eigenvalue weighted by Crippen LogP contribution is 2.02. The van der Waals surface area contributed by atoms with Crippen LogP contribution < -0.4 is 0 Å². The second-order valence-electron chi connectivity index (χ2n) is 1.61. The molecule has 2 heteroatoms. The first-order valence-electron chi connectivity index (χ1n) is 2.78. The van der Waals surface area contributed by atoms with Crippen LogP contribution in [0.5, 0.6) is 0 Å². The normalized spacial score (nSPS) is 12.0. The number of rotatable bonds is 3. The van der Waals surface area contributed by atoms with Crippen LogP contribution in [0.15, 0.2) is 11.8 Å². The summed E-state index contributed by atoms with van der Waals surface area (Å²) in [5.74, 6) is 0. The smallest absolute Gasteiger partial charge is 0.0784 e. The van der Waals surface area contributed by atoms with Crippen molar-refractivity contribution in [3.63, 3.8) is 0 Å². The third-order valence-corrected chi connectivity index (χ3v) is 1.07. The van der Waals surface area contributed by atoms with Crippen LogP contribution >= 0.6 is 0 Å². The van der Waals surface area contributed by atoms with Crippen LogP contribution in [0.4, 0.5) is 0 Å². The maximum absolute atomic E-state index is 8.38. The number of hydrogen-bond acceptors (Lipinski definition) is 2. The predicted octanol–water partition coefficient (Wildman–Crippen LogP) is 1.22. The molecule has 0 amide bonds. The summed E-state index contributed by atoms with van der Waals surface area (Å²) in [7, 11) is 0. The molecule has 0 atom stereocenters. The summed E-state index contributed by atoms with van der Waals surface area (Å²) in [6.45, 7) is 2.07. The first-order chi connectivity index (χ1) is 3.85. The lowest BCUT2D eigenvalue weighted by Crippen LogP contribution is -1.86. The van der Waals surface area contributed by atoms with Gasteiger partial charge in [-0.15, -0.1) is 0 Å². The molecule has 0 aliphatic rings. The molecule has 0 rings (SSSR count). The molecule has 0 radical (unpaired) electrons. The first-order valence-corrected chi connectivity index (χ1v) is 2.78. The molecule has 2 N–H and O–H groups in total. The van der Waals surface area contributed by atoms with Gasteiger partial charge in [0, 0.05) is 6.61 Å². The molecule has 0 aliphatic carbocycles. The summed E-state index contributed by atoms with van der Waals surface area (Å²) in [6.07, 6.45) is 2.47. The topological polar surface area (TPSA) is 40.5 Å². The van der Waals surface area contributed by atoms with E-state index in [2.05, 4.69) is 0 Å². The largest absolute Gasteiger partial charge is 0.516 e. The Morgan fingerprint density at radius 3 is 2.38 bits per heavy atom. The van der Waals surface area contributed by atoms with Gasteiger partial charge in [-0.2, -0.15) is 0 Å². The molecule has 0 spiro atoms. The molecule has 8 heavy (non-hydrogen) atoms. The van der Waals surface area contributed by atoms with E-state index in [1.54, 1.807) is 0 Å². The van der Waals surface area contributed by atoms with Gasteiger partial charge >= 0.3 is 0 Å². The zero-order chi connectivity index (χ0) is 6.41. The maximum atomic E-state index is 8.38. The fourth-order valence-corrected chi connectivity index (χ4v) is 0.476. The van der Waals surface area contributed by atoms with Crippen molar-refractivity contribution < 1.29 is 10.2 Å². The van der Waals surface area contributed by atoms with E-state index >= 15 is 0 Å². The average Bonchev–Trinajstić information content (AvgIpc) is 1.83. The van der Waals surface area contributed by atoms with E-state index in [0.717, 1.165) is 18.3 Å². The van der Waals surface area contributed by atoms with Crippen LogP contribution in [0.25, 0.3) is 0 Å². The lowest BCUT2D eigenvalue weighted by atomic mass is 10.2. The highest BCUT2D eigenvalue weighted by Gasteiger charge is 1.89. The van der Waals surface area contributed by atoms with E-state index in [9.17, 15) is 0 Å². The number of hydrogen-bond donors (Lipinski definition) is 2. The van der Waals surface area contributed by atoms with Crippen LogP contribution in [0.1, 0.15) is 19.8 Å². The Hall–Kier alpha value is -0.500. The Morgan fingerprint density at radius 2 is 2.25 bits per heavy atom. The molecule has 0 fully saturated rings. The van der Waals surface area contributed by atoms with E-state index < -0.39 is 0 Å². The van der Waals surface area contributed by atoms with Crippen LogP contribution in [0.3, 0.4) is 0 Å². The van der Waals surface area contributed by atoms with Gasteiger partial charge in [-0.1, -0.05) is 6.92 Å². The molecule has 0 unspecified atom stereocenters. The zero-order valence-electron chi connectivity index (χ0n) is 5.09. The summed E-state index contributed by atoms with van der Waals surface area (Å²) < 4.78 is 0. The van der Waals surface area contributed by atoms with Gasteiger partial charge in [0.05, 0.1) is 6.26 Å². The quantitative estimate of drug-likeness (QED) is 0.544. The highest BCUT2D eigenvalue weighted by molar-refractivity contribution is 4.95. The SMILES string of the molecule is CCC(=CO)CCO. The first kappa shape index (κ1) is 7.50. The third kappa shape index (κ3) is 2.64. The molecule has 0 aliphatic heterocycles. The van der Waals surface area contributed by atoms with E-state index in [1.807, 2.05) is 6.92 Å². The average molecular weight is 116 g/mol. The second kappa shape index (κ2) is 4.65. The van der Waals surface area contributed by atoms with Crippen molar-refractivity contribution >= 4 is 0 Å². The van der Waals surface area contributed by atoms with E-state index in [1.165, 1.54) is 0 Å². The van der Waals surface area contributed by atoms with Gasteiger partial charge in [0.1, 0.15) is 0 Å². The van der Waals surface area contributed by atoms with E-state index in [0.29, 0.717) is 6.42 Å². The van der Waals surface area contributed by atoms with Gasteiger partial charge in [0.25, 0.3) is 0 Å². The maximum Gasteiger partial charge on any atom is 0.0784 e. The Bertz CT molecular complexity index is 76.6. The molecule has 2 nitrogen and oxygen atoms in total. The Balaban J connectivity index is 3.38. The summed E-state index contributed by atoms with van der Waals surface area (Å²) in [5.41, 5.74) is 0.896. The Labute approximate surface area is 49.5 Å². The molecule has 0 aromatic rings. The summed E-state index contributed by atoms with van der Waals surface area (Å²) in [6, 6.07) is 0. The molecular weight excluding hydrogens is 104 g/mol. The van der Waals surface area contributed by atoms with Crippen molar-refractivity contribution in [1.29, 1.82) is 0 Å². The van der Waals surface area contributed by atoms with E-state index in [-0.39, 0.29) is 6.61 Å². The van der Waals surface area contributed by atoms with Crippen LogP contribution in [0, 0.1) is 0 Å². The number of aliphatic hydroxyl groups excluding tert-OH is 2. The third-order valence-electron chi connectivity index (χ3n) is 1.07. The van der Waals surface area contributed by atoms with Crippen molar-refractivity contribution in [2.75, 3.05) is 6.61 Å². The predicted molar refractivity (Wildman–Crippen MR) is 32.7 cm³/mol. The molecule has 0 aromatic carbocycles. The summed E-state index contributed by atoms with van der Waals surface area (Å²) in [4.78, 5) is 0. The fraction of sp³-hybridized carbons (Fsp3) is 0.667. The standard InChI is InChI=1S/C6H12O2/c1-2-6(5-8)3-4-7/h5,7-8H,2-4H2,1H3. The van der Waals surface area contributed by atoms with Crippen molar-refractivity contribution in [3.05, 3.63) is 11.8 Å². The lowest BCUT2D eigenvalue weighted by molar-refractivity contribution is 0.296. The van der Waals surface area contributed by atoms with Crippen molar-refractivity contribution in [3.8, 4) is 0 Å². The molecule has 0 heterocycles. The molecule has 0 saturated heterocycles.